The van der Waals surface area contributed by atoms with Crippen LogP contribution in [0.3, 0.4) is 0 Å². The predicted molar refractivity (Wildman–Crippen MR) is 77.5 cm³/mol. The molecule has 0 radical (unpaired) electrons. The first-order valence-corrected chi connectivity index (χ1v) is 6.95. The zero-order valence-corrected chi connectivity index (χ0v) is 12.4. The largest absolute Gasteiger partial charge is 0.496 e. The number of rotatable bonds is 5. The first-order valence-electron chi connectivity index (χ1n) is 6.57. The summed E-state index contributed by atoms with van der Waals surface area (Å²) in [6.45, 7) is 1.49. The molecule has 1 fully saturated rings. The van der Waals surface area contributed by atoms with Crippen molar-refractivity contribution in [3.05, 3.63) is 28.8 Å². The van der Waals surface area contributed by atoms with Crippen LogP contribution in [-0.4, -0.2) is 48.1 Å². The molecular weight excluding hydrogens is 296 g/mol. The van der Waals surface area contributed by atoms with Crippen LogP contribution >= 0.6 is 11.6 Å². The highest BCUT2D eigenvalue weighted by molar-refractivity contribution is 6.30. The highest BCUT2D eigenvalue weighted by Gasteiger charge is 2.31. The molecule has 2 N–H and O–H groups in total. The summed E-state index contributed by atoms with van der Waals surface area (Å²) in [5, 5.41) is 12.2. The minimum atomic E-state index is -1.000. The number of aliphatic carboxylic acids is 1. The summed E-state index contributed by atoms with van der Waals surface area (Å²) in [5.74, 6) is -0.593. The van der Waals surface area contributed by atoms with E-state index in [1.165, 1.54) is 0 Å². The number of piperazine rings is 1. The van der Waals surface area contributed by atoms with Gasteiger partial charge in [-0.25, -0.2) is 0 Å². The average molecular weight is 313 g/mol. The van der Waals surface area contributed by atoms with Crippen molar-refractivity contribution < 1.29 is 19.4 Å². The molecule has 114 valence electrons. The fourth-order valence-corrected chi connectivity index (χ4v) is 2.62. The minimum absolute atomic E-state index is 0.227. The molecule has 1 aliphatic rings. The third-order valence-electron chi connectivity index (χ3n) is 3.43. The summed E-state index contributed by atoms with van der Waals surface area (Å²) in [6.07, 6.45) is -0.227. The van der Waals surface area contributed by atoms with Crippen molar-refractivity contribution in [3.63, 3.8) is 0 Å². The van der Waals surface area contributed by atoms with E-state index in [9.17, 15) is 9.59 Å². The van der Waals surface area contributed by atoms with Gasteiger partial charge in [0.15, 0.2) is 0 Å². The van der Waals surface area contributed by atoms with Crippen LogP contribution in [0.25, 0.3) is 0 Å². The van der Waals surface area contributed by atoms with E-state index < -0.39 is 12.0 Å². The third kappa shape index (κ3) is 3.86. The van der Waals surface area contributed by atoms with E-state index in [-0.39, 0.29) is 12.3 Å². The Balaban J connectivity index is 2.21. The van der Waals surface area contributed by atoms with Gasteiger partial charge in [0, 0.05) is 30.2 Å². The Kier molecular flexibility index (Phi) is 5.03. The van der Waals surface area contributed by atoms with Crippen LogP contribution < -0.4 is 10.1 Å². The zero-order chi connectivity index (χ0) is 15.4. The molecule has 0 saturated carbocycles. The number of halogens is 1. The van der Waals surface area contributed by atoms with Gasteiger partial charge >= 0.3 is 5.97 Å². The second-order valence-corrected chi connectivity index (χ2v) is 5.27. The molecule has 1 amide bonds. The fraction of sp³-hybridized carbons (Fsp3) is 0.429. The van der Waals surface area contributed by atoms with Crippen molar-refractivity contribution in [2.24, 2.45) is 0 Å². The average Bonchev–Trinajstić information content (AvgIpc) is 2.42. The lowest BCUT2D eigenvalue weighted by atomic mass is 10.1. The Morgan fingerprint density at radius 3 is 3.00 bits per heavy atom. The number of hydrogen-bond acceptors (Lipinski definition) is 4. The molecule has 1 heterocycles. The van der Waals surface area contributed by atoms with Gasteiger partial charge in [0.05, 0.1) is 13.5 Å². The maximum absolute atomic E-state index is 11.9. The van der Waals surface area contributed by atoms with E-state index in [4.69, 9.17) is 21.4 Å². The van der Waals surface area contributed by atoms with Crippen molar-refractivity contribution in [2.45, 2.75) is 19.0 Å². The van der Waals surface area contributed by atoms with E-state index in [1.54, 1.807) is 25.3 Å². The van der Waals surface area contributed by atoms with Gasteiger partial charge in [0.1, 0.15) is 11.8 Å². The van der Waals surface area contributed by atoms with Gasteiger partial charge in [-0.15, -0.1) is 0 Å². The number of carboxylic acid groups (broad SMARTS) is 1. The molecule has 1 unspecified atom stereocenters. The van der Waals surface area contributed by atoms with E-state index >= 15 is 0 Å². The molecule has 6 nitrogen and oxygen atoms in total. The molecule has 0 spiro atoms. The first-order chi connectivity index (χ1) is 10.0. The van der Waals surface area contributed by atoms with Crippen molar-refractivity contribution in [1.82, 2.24) is 10.2 Å². The standard InChI is InChI=1S/C14H17ClN2O4/c1-21-12-3-2-10(15)6-9(12)8-17-5-4-16-14(20)11(17)7-13(18)19/h2-3,6,11H,4-5,7-8H2,1H3,(H,16,20)(H,18,19). The molecule has 0 bridgehead atoms. The van der Waals surface area contributed by atoms with Crippen molar-refractivity contribution in [1.29, 1.82) is 0 Å². The van der Waals surface area contributed by atoms with Crippen LogP contribution in [0.4, 0.5) is 0 Å². The third-order valence-corrected chi connectivity index (χ3v) is 3.66. The van der Waals surface area contributed by atoms with Crippen molar-refractivity contribution in [2.75, 3.05) is 20.2 Å². The zero-order valence-electron chi connectivity index (χ0n) is 11.6. The van der Waals surface area contributed by atoms with Crippen LogP contribution in [0.1, 0.15) is 12.0 Å². The van der Waals surface area contributed by atoms with Crippen LogP contribution in [0.5, 0.6) is 5.75 Å². The fourth-order valence-electron chi connectivity index (χ4n) is 2.43. The van der Waals surface area contributed by atoms with Gasteiger partial charge in [-0.1, -0.05) is 11.6 Å². The summed E-state index contributed by atoms with van der Waals surface area (Å²) in [6, 6.07) is 4.57. The number of amides is 1. The minimum Gasteiger partial charge on any atom is -0.496 e. The Labute approximate surface area is 127 Å². The normalized spacial score (nSPS) is 19.1. The molecule has 21 heavy (non-hydrogen) atoms. The first kappa shape index (κ1) is 15.6. The molecule has 1 aliphatic heterocycles. The van der Waals surface area contributed by atoms with Crippen LogP contribution in [0.2, 0.25) is 5.02 Å². The maximum atomic E-state index is 11.9. The summed E-state index contributed by atoms with van der Waals surface area (Å²) >= 11 is 5.99. The van der Waals surface area contributed by atoms with Gasteiger partial charge in [-0.05, 0) is 18.2 Å². The van der Waals surface area contributed by atoms with Crippen molar-refractivity contribution in [3.8, 4) is 5.75 Å². The molecule has 1 atom stereocenters. The number of ether oxygens (including phenoxy) is 1. The number of carbonyl (C=O) groups excluding carboxylic acids is 1. The molecule has 2 rings (SSSR count). The number of benzene rings is 1. The number of nitrogens with one attached hydrogen (secondary N) is 1. The van der Waals surface area contributed by atoms with Gasteiger partial charge in [-0.3, -0.25) is 14.5 Å². The molecule has 7 heteroatoms. The Morgan fingerprint density at radius 1 is 1.57 bits per heavy atom. The molecule has 0 aromatic heterocycles. The van der Waals surface area contributed by atoms with Gasteiger partial charge in [-0.2, -0.15) is 0 Å². The van der Waals surface area contributed by atoms with Crippen LogP contribution in [0.15, 0.2) is 18.2 Å². The van der Waals surface area contributed by atoms with E-state index in [1.807, 2.05) is 4.90 Å². The molecule has 1 saturated heterocycles. The van der Waals surface area contributed by atoms with Crippen LogP contribution in [0, 0.1) is 0 Å². The SMILES string of the molecule is COc1ccc(Cl)cc1CN1CCNC(=O)C1CC(=O)O. The highest BCUT2D eigenvalue weighted by atomic mass is 35.5. The van der Waals surface area contributed by atoms with E-state index in [2.05, 4.69) is 5.32 Å². The quantitative estimate of drug-likeness (QED) is 0.852. The Bertz CT molecular complexity index is 550. The monoisotopic (exact) mass is 312 g/mol. The maximum Gasteiger partial charge on any atom is 0.305 e. The number of carbonyl (C=O) groups is 2. The predicted octanol–water partition coefficient (Wildman–Crippen LogP) is 1.12. The Morgan fingerprint density at radius 2 is 2.33 bits per heavy atom. The summed E-state index contributed by atoms with van der Waals surface area (Å²) in [4.78, 5) is 24.6. The molecular formula is C14H17ClN2O4. The van der Waals surface area contributed by atoms with Crippen LogP contribution in [-0.2, 0) is 16.1 Å². The summed E-state index contributed by atoms with van der Waals surface area (Å²) < 4.78 is 5.28. The highest BCUT2D eigenvalue weighted by Crippen LogP contribution is 2.25. The lowest BCUT2D eigenvalue weighted by Gasteiger charge is -2.34. The summed E-state index contributed by atoms with van der Waals surface area (Å²) in [5.41, 5.74) is 0.829. The molecule has 1 aromatic carbocycles. The topological polar surface area (TPSA) is 78.9 Å². The van der Waals surface area contributed by atoms with Crippen molar-refractivity contribution >= 4 is 23.5 Å². The lowest BCUT2D eigenvalue weighted by molar-refractivity contribution is -0.143. The van der Waals surface area contributed by atoms with Gasteiger partial charge < -0.3 is 15.2 Å². The Hall–Kier alpha value is -1.79. The lowest BCUT2D eigenvalue weighted by Crippen LogP contribution is -2.55. The van der Waals surface area contributed by atoms with Gasteiger partial charge in [0.25, 0.3) is 0 Å². The smallest absolute Gasteiger partial charge is 0.305 e. The number of carboxylic acids is 1. The summed E-state index contributed by atoms with van der Waals surface area (Å²) in [7, 11) is 1.56. The number of nitrogens with zero attached hydrogens (tertiary/aromatic N) is 1. The number of hydrogen-bond donors (Lipinski definition) is 2. The second kappa shape index (κ2) is 6.78. The second-order valence-electron chi connectivity index (χ2n) is 4.83. The van der Waals surface area contributed by atoms with E-state index in [0.29, 0.717) is 30.4 Å². The molecule has 1 aromatic rings. The number of methoxy groups -OCH3 is 1. The van der Waals surface area contributed by atoms with Gasteiger partial charge in [0.2, 0.25) is 5.91 Å². The molecule has 0 aliphatic carbocycles. The van der Waals surface area contributed by atoms with E-state index in [0.717, 1.165) is 5.56 Å².